The molecule has 6 nitrogen and oxygen atoms in total. The number of ether oxygens (including phenoxy) is 1. The molecule has 3 aromatic rings. The van der Waals surface area contributed by atoms with Crippen LogP contribution in [0.25, 0.3) is 17.1 Å². The Morgan fingerprint density at radius 3 is 2.94 bits per heavy atom. The highest BCUT2D eigenvalue weighted by Crippen LogP contribution is 2.33. The monoisotopic (exact) mass is 415 g/mol. The largest absolute Gasteiger partial charge is 0.376 e. The van der Waals surface area contributed by atoms with Crippen LogP contribution in [0.1, 0.15) is 37.1 Å². The first-order chi connectivity index (χ1) is 15.2. The molecule has 31 heavy (non-hydrogen) atoms. The van der Waals surface area contributed by atoms with E-state index in [2.05, 4.69) is 48.7 Å². The fourth-order valence-corrected chi connectivity index (χ4v) is 4.65. The SMILES string of the molecule is C=CCCCc1nc(N2CC[C@H]3OCC[C@H]32)cc(-n2ccc(-c3cccc(C)c3)n2)n1. The Bertz CT molecular complexity index is 1080. The molecular weight excluding hydrogens is 386 g/mol. The Morgan fingerprint density at radius 2 is 2.06 bits per heavy atom. The number of benzene rings is 1. The highest BCUT2D eigenvalue weighted by molar-refractivity contribution is 5.60. The summed E-state index contributed by atoms with van der Waals surface area (Å²) >= 11 is 0. The highest BCUT2D eigenvalue weighted by Gasteiger charge is 2.39. The Balaban J connectivity index is 1.48. The van der Waals surface area contributed by atoms with Crippen LogP contribution in [0, 0.1) is 6.92 Å². The van der Waals surface area contributed by atoms with Crippen LogP contribution in [0.3, 0.4) is 0 Å². The van der Waals surface area contributed by atoms with Crippen LogP contribution in [0.4, 0.5) is 5.82 Å². The van der Waals surface area contributed by atoms with Crippen LogP contribution in [-0.4, -0.2) is 45.0 Å². The predicted molar refractivity (Wildman–Crippen MR) is 123 cm³/mol. The minimum absolute atomic E-state index is 0.334. The summed E-state index contributed by atoms with van der Waals surface area (Å²) in [6.45, 7) is 7.75. The zero-order chi connectivity index (χ0) is 21.2. The van der Waals surface area contributed by atoms with Gasteiger partial charge in [0.25, 0.3) is 0 Å². The Labute approximate surface area is 183 Å². The van der Waals surface area contributed by atoms with Gasteiger partial charge in [-0.15, -0.1) is 6.58 Å². The van der Waals surface area contributed by atoms with Crippen molar-refractivity contribution in [2.75, 3.05) is 18.1 Å². The van der Waals surface area contributed by atoms with Gasteiger partial charge in [0.05, 0.1) is 17.8 Å². The van der Waals surface area contributed by atoms with Gasteiger partial charge in [0.2, 0.25) is 0 Å². The van der Waals surface area contributed by atoms with Gasteiger partial charge in [0, 0.05) is 37.4 Å². The van der Waals surface area contributed by atoms with Crippen LogP contribution >= 0.6 is 0 Å². The van der Waals surface area contributed by atoms with Crippen molar-refractivity contribution in [3.05, 3.63) is 66.6 Å². The Kier molecular flexibility index (Phi) is 5.55. The topological polar surface area (TPSA) is 56.1 Å². The fraction of sp³-hybridized carbons (Fsp3) is 0.400. The number of aryl methyl sites for hydroxylation is 2. The molecule has 0 amide bonds. The zero-order valence-corrected chi connectivity index (χ0v) is 18.1. The van der Waals surface area contributed by atoms with Gasteiger partial charge in [0.15, 0.2) is 5.82 Å². The van der Waals surface area contributed by atoms with E-state index < -0.39 is 0 Å². The number of hydrogen-bond donors (Lipinski definition) is 0. The minimum Gasteiger partial charge on any atom is -0.376 e. The molecule has 1 aromatic carbocycles. The van der Waals surface area contributed by atoms with Crippen molar-refractivity contribution in [1.29, 1.82) is 0 Å². The maximum Gasteiger partial charge on any atom is 0.159 e. The van der Waals surface area contributed by atoms with Crippen molar-refractivity contribution in [1.82, 2.24) is 19.7 Å². The van der Waals surface area contributed by atoms with Crippen molar-refractivity contribution in [3.63, 3.8) is 0 Å². The standard InChI is InChI=1S/C25H29N5O/c1-3-4-5-9-23-26-24(29-13-11-22-21(29)12-15-31-22)17-25(27-23)30-14-10-20(28-30)19-8-6-7-18(2)16-19/h3,6-8,10,14,16-17,21-22H,1,4-5,9,11-13,15H2,2H3/t21-,22-/m1/s1. The normalized spacial score (nSPS) is 20.2. The molecule has 0 bridgehead atoms. The van der Waals surface area contributed by atoms with Gasteiger partial charge in [-0.3, -0.25) is 0 Å². The van der Waals surface area contributed by atoms with E-state index in [0.717, 1.165) is 74.0 Å². The fourth-order valence-electron chi connectivity index (χ4n) is 4.65. The van der Waals surface area contributed by atoms with E-state index in [9.17, 15) is 0 Å². The first kappa shape index (κ1) is 19.9. The second kappa shape index (κ2) is 8.63. The van der Waals surface area contributed by atoms with E-state index in [-0.39, 0.29) is 0 Å². The molecule has 2 atom stereocenters. The molecule has 2 aromatic heterocycles. The minimum atomic E-state index is 0.334. The second-order valence-electron chi connectivity index (χ2n) is 8.44. The number of hydrogen-bond acceptors (Lipinski definition) is 5. The molecule has 2 aliphatic rings. The van der Waals surface area contributed by atoms with Gasteiger partial charge in [-0.05, 0) is 44.7 Å². The van der Waals surface area contributed by atoms with E-state index in [4.69, 9.17) is 19.8 Å². The van der Waals surface area contributed by atoms with Crippen LogP contribution in [0.15, 0.2) is 55.3 Å². The summed E-state index contributed by atoms with van der Waals surface area (Å²) in [5, 5.41) is 4.83. The molecule has 4 heterocycles. The molecule has 160 valence electrons. The average Bonchev–Trinajstić information content (AvgIpc) is 3.51. The van der Waals surface area contributed by atoms with E-state index in [1.165, 1.54) is 5.56 Å². The smallest absolute Gasteiger partial charge is 0.159 e. The number of fused-ring (bicyclic) bond motifs is 1. The van der Waals surface area contributed by atoms with Crippen molar-refractivity contribution < 1.29 is 4.74 Å². The summed E-state index contributed by atoms with van der Waals surface area (Å²) in [5.74, 6) is 2.67. The maximum absolute atomic E-state index is 5.90. The first-order valence-electron chi connectivity index (χ1n) is 11.2. The lowest BCUT2D eigenvalue weighted by Crippen LogP contribution is -2.33. The third-order valence-electron chi connectivity index (χ3n) is 6.22. The third-order valence-corrected chi connectivity index (χ3v) is 6.22. The number of aromatic nitrogens is 4. The number of unbranched alkanes of at least 4 members (excludes halogenated alkanes) is 1. The molecular formula is C25H29N5O. The first-order valence-corrected chi connectivity index (χ1v) is 11.2. The third kappa shape index (κ3) is 4.12. The van der Waals surface area contributed by atoms with Gasteiger partial charge in [-0.1, -0.05) is 29.8 Å². The summed E-state index contributed by atoms with van der Waals surface area (Å²) in [7, 11) is 0. The van der Waals surface area contributed by atoms with Crippen molar-refractivity contribution in [2.24, 2.45) is 0 Å². The number of rotatable bonds is 7. The van der Waals surface area contributed by atoms with Crippen LogP contribution in [-0.2, 0) is 11.2 Å². The molecule has 2 aliphatic heterocycles. The average molecular weight is 416 g/mol. The number of nitrogens with zero attached hydrogens (tertiary/aromatic N) is 5. The quantitative estimate of drug-likeness (QED) is 0.420. The number of allylic oxidation sites excluding steroid dienone is 1. The van der Waals surface area contributed by atoms with E-state index in [1.807, 2.05) is 23.0 Å². The van der Waals surface area contributed by atoms with Gasteiger partial charge in [-0.25, -0.2) is 14.6 Å². The lowest BCUT2D eigenvalue weighted by atomic mass is 10.1. The van der Waals surface area contributed by atoms with E-state index >= 15 is 0 Å². The van der Waals surface area contributed by atoms with Crippen molar-refractivity contribution in [3.8, 4) is 17.1 Å². The summed E-state index contributed by atoms with van der Waals surface area (Å²) in [6.07, 6.45) is 9.19. The molecule has 0 radical (unpaired) electrons. The van der Waals surface area contributed by atoms with E-state index in [0.29, 0.717) is 12.1 Å². The summed E-state index contributed by atoms with van der Waals surface area (Å²) in [4.78, 5) is 12.2. The van der Waals surface area contributed by atoms with Crippen LogP contribution < -0.4 is 4.90 Å². The van der Waals surface area contributed by atoms with Crippen molar-refractivity contribution >= 4 is 5.82 Å². The van der Waals surface area contributed by atoms with Gasteiger partial charge < -0.3 is 9.64 Å². The molecule has 5 rings (SSSR count). The lowest BCUT2D eigenvalue weighted by Gasteiger charge is -2.24. The van der Waals surface area contributed by atoms with Gasteiger partial charge >= 0.3 is 0 Å². The molecule has 0 spiro atoms. The molecule has 0 N–H and O–H groups in total. The lowest BCUT2D eigenvalue weighted by molar-refractivity contribution is 0.113. The molecule has 2 saturated heterocycles. The molecule has 0 unspecified atom stereocenters. The van der Waals surface area contributed by atoms with Gasteiger partial charge in [-0.2, -0.15) is 5.10 Å². The van der Waals surface area contributed by atoms with Crippen LogP contribution in [0.5, 0.6) is 0 Å². The predicted octanol–water partition coefficient (Wildman–Crippen LogP) is 4.51. The summed E-state index contributed by atoms with van der Waals surface area (Å²) < 4.78 is 7.77. The van der Waals surface area contributed by atoms with Gasteiger partial charge in [0.1, 0.15) is 11.6 Å². The van der Waals surface area contributed by atoms with E-state index in [1.54, 1.807) is 0 Å². The molecule has 6 heteroatoms. The highest BCUT2D eigenvalue weighted by atomic mass is 16.5. The van der Waals surface area contributed by atoms with Crippen molar-refractivity contribution in [2.45, 2.75) is 51.2 Å². The summed E-state index contributed by atoms with van der Waals surface area (Å²) in [5.41, 5.74) is 3.29. The summed E-state index contributed by atoms with van der Waals surface area (Å²) in [6, 6.07) is 13.0. The molecule has 2 fully saturated rings. The number of anilines is 1. The maximum atomic E-state index is 5.90. The molecule has 0 saturated carbocycles. The zero-order valence-electron chi connectivity index (χ0n) is 18.1. The molecule has 0 aliphatic carbocycles. The second-order valence-corrected chi connectivity index (χ2v) is 8.44. The Hall–Kier alpha value is -2.99. The Morgan fingerprint density at radius 1 is 1.16 bits per heavy atom. The van der Waals surface area contributed by atoms with Crippen LogP contribution in [0.2, 0.25) is 0 Å².